The van der Waals surface area contributed by atoms with Crippen molar-refractivity contribution in [3.63, 3.8) is 0 Å². The standard InChI is InChI=1S/C16H20N2/c1-5-14-12(3)6-7-15(13(14)4)18-16-10-11(2)8-9-17-16/h6-10H,5H2,1-4H3,(H,17,18). The molecule has 18 heavy (non-hydrogen) atoms. The fraction of sp³-hybridized carbons (Fsp3) is 0.312. The largest absolute Gasteiger partial charge is 0.340 e. The minimum absolute atomic E-state index is 0.906. The highest BCUT2D eigenvalue weighted by Crippen LogP contribution is 2.25. The number of benzene rings is 1. The number of nitrogens with zero attached hydrogens (tertiary/aromatic N) is 1. The third-order valence-corrected chi connectivity index (χ3v) is 3.36. The summed E-state index contributed by atoms with van der Waals surface area (Å²) in [4.78, 5) is 4.34. The number of hydrogen-bond donors (Lipinski definition) is 1. The summed E-state index contributed by atoms with van der Waals surface area (Å²) in [6.07, 6.45) is 2.90. The van der Waals surface area contributed by atoms with E-state index in [1.54, 1.807) is 0 Å². The van der Waals surface area contributed by atoms with Crippen LogP contribution in [0.4, 0.5) is 11.5 Å². The Labute approximate surface area is 109 Å². The molecule has 1 N–H and O–H groups in total. The molecule has 0 aliphatic heterocycles. The zero-order valence-electron chi connectivity index (χ0n) is 11.5. The smallest absolute Gasteiger partial charge is 0.130 e. The molecule has 0 radical (unpaired) electrons. The number of anilines is 2. The van der Waals surface area contributed by atoms with E-state index in [4.69, 9.17) is 0 Å². The first-order chi connectivity index (χ1) is 8.61. The van der Waals surface area contributed by atoms with Gasteiger partial charge in [-0.05, 0) is 67.6 Å². The summed E-state index contributed by atoms with van der Waals surface area (Å²) >= 11 is 0. The van der Waals surface area contributed by atoms with Gasteiger partial charge in [-0.25, -0.2) is 4.98 Å². The lowest BCUT2D eigenvalue weighted by molar-refractivity contribution is 1.08. The summed E-state index contributed by atoms with van der Waals surface area (Å²) in [5.41, 5.74) is 6.47. The van der Waals surface area contributed by atoms with E-state index in [2.05, 4.69) is 56.2 Å². The normalized spacial score (nSPS) is 10.4. The fourth-order valence-corrected chi connectivity index (χ4v) is 2.31. The Morgan fingerprint density at radius 1 is 1.11 bits per heavy atom. The van der Waals surface area contributed by atoms with Crippen LogP contribution in [0, 0.1) is 20.8 Å². The maximum Gasteiger partial charge on any atom is 0.130 e. The van der Waals surface area contributed by atoms with Gasteiger partial charge in [-0.15, -0.1) is 0 Å². The van der Waals surface area contributed by atoms with Gasteiger partial charge in [0.25, 0.3) is 0 Å². The van der Waals surface area contributed by atoms with Crippen LogP contribution < -0.4 is 5.32 Å². The molecule has 0 bridgehead atoms. The van der Waals surface area contributed by atoms with E-state index in [1.165, 1.54) is 22.3 Å². The summed E-state index contributed by atoms with van der Waals surface area (Å²) in [5, 5.41) is 3.40. The van der Waals surface area contributed by atoms with Gasteiger partial charge in [0.2, 0.25) is 0 Å². The Bertz CT molecular complexity index is 559. The van der Waals surface area contributed by atoms with Crippen molar-refractivity contribution >= 4 is 11.5 Å². The first-order valence-electron chi connectivity index (χ1n) is 6.40. The Hall–Kier alpha value is -1.83. The zero-order chi connectivity index (χ0) is 13.1. The number of hydrogen-bond acceptors (Lipinski definition) is 2. The molecule has 0 unspecified atom stereocenters. The zero-order valence-corrected chi connectivity index (χ0v) is 11.5. The van der Waals surface area contributed by atoms with Gasteiger partial charge in [0.15, 0.2) is 0 Å². The predicted molar refractivity (Wildman–Crippen MR) is 77.6 cm³/mol. The summed E-state index contributed by atoms with van der Waals surface area (Å²) in [6.45, 7) is 8.61. The minimum atomic E-state index is 0.906. The van der Waals surface area contributed by atoms with Crippen LogP contribution in [0.3, 0.4) is 0 Å². The first-order valence-corrected chi connectivity index (χ1v) is 6.40. The van der Waals surface area contributed by atoms with Crippen LogP contribution in [-0.2, 0) is 6.42 Å². The van der Waals surface area contributed by atoms with Crippen molar-refractivity contribution in [1.29, 1.82) is 0 Å². The molecule has 0 atom stereocenters. The fourth-order valence-electron chi connectivity index (χ4n) is 2.31. The molecule has 2 aromatic rings. The number of aryl methyl sites for hydroxylation is 2. The molecular weight excluding hydrogens is 220 g/mol. The molecule has 1 aromatic heterocycles. The monoisotopic (exact) mass is 240 g/mol. The van der Waals surface area contributed by atoms with Gasteiger partial charge in [0.1, 0.15) is 5.82 Å². The van der Waals surface area contributed by atoms with Crippen molar-refractivity contribution in [3.05, 3.63) is 52.7 Å². The summed E-state index contributed by atoms with van der Waals surface area (Å²) in [6, 6.07) is 8.37. The highest BCUT2D eigenvalue weighted by Gasteiger charge is 2.06. The molecule has 0 saturated heterocycles. The topological polar surface area (TPSA) is 24.9 Å². The molecule has 0 aliphatic rings. The Morgan fingerprint density at radius 2 is 1.89 bits per heavy atom. The predicted octanol–water partition coefficient (Wildman–Crippen LogP) is 4.31. The van der Waals surface area contributed by atoms with Gasteiger partial charge >= 0.3 is 0 Å². The van der Waals surface area contributed by atoms with Gasteiger partial charge < -0.3 is 5.32 Å². The van der Waals surface area contributed by atoms with Gasteiger partial charge in [-0.1, -0.05) is 13.0 Å². The van der Waals surface area contributed by atoms with E-state index in [1.807, 2.05) is 12.3 Å². The second kappa shape index (κ2) is 5.21. The molecule has 0 saturated carbocycles. The number of pyridine rings is 1. The number of rotatable bonds is 3. The number of aromatic nitrogens is 1. The van der Waals surface area contributed by atoms with Crippen LogP contribution >= 0.6 is 0 Å². The summed E-state index contributed by atoms with van der Waals surface area (Å²) < 4.78 is 0. The quantitative estimate of drug-likeness (QED) is 0.864. The molecule has 0 amide bonds. The first kappa shape index (κ1) is 12.6. The van der Waals surface area contributed by atoms with Crippen LogP contribution in [0.1, 0.15) is 29.2 Å². The van der Waals surface area contributed by atoms with Gasteiger partial charge in [-0.2, -0.15) is 0 Å². The van der Waals surface area contributed by atoms with Crippen molar-refractivity contribution in [2.45, 2.75) is 34.1 Å². The third-order valence-electron chi connectivity index (χ3n) is 3.36. The third kappa shape index (κ3) is 2.53. The molecular formula is C16H20N2. The SMILES string of the molecule is CCc1c(C)ccc(Nc2cc(C)ccn2)c1C. The van der Waals surface area contributed by atoms with Crippen LogP contribution in [0.15, 0.2) is 30.5 Å². The second-order valence-corrected chi connectivity index (χ2v) is 4.73. The highest BCUT2D eigenvalue weighted by molar-refractivity contribution is 5.63. The van der Waals surface area contributed by atoms with Gasteiger partial charge in [0.05, 0.1) is 0 Å². The van der Waals surface area contributed by atoms with E-state index >= 15 is 0 Å². The minimum Gasteiger partial charge on any atom is -0.340 e. The maximum absolute atomic E-state index is 4.34. The Balaban J connectivity index is 2.35. The van der Waals surface area contributed by atoms with Gasteiger partial charge in [0, 0.05) is 11.9 Å². The average molecular weight is 240 g/mol. The molecule has 0 fully saturated rings. The van der Waals surface area contributed by atoms with Crippen LogP contribution in [0.25, 0.3) is 0 Å². The lowest BCUT2D eigenvalue weighted by Gasteiger charge is -2.14. The molecule has 2 rings (SSSR count). The van der Waals surface area contributed by atoms with Crippen molar-refractivity contribution in [1.82, 2.24) is 4.98 Å². The lowest BCUT2D eigenvalue weighted by atomic mass is 9.99. The van der Waals surface area contributed by atoms with Crippen LogP contribution in [0.2, 0.25) is 0 Å². The van der Waals surface area contributed by atoms with Crippen LogP contribution in [-0.4, -0.2) is 4.98 Å². The van der Waals surface area contributed by atoms with E-state index in [9.17, 15) is 0 Å². The van der Waals surface area contributed by atoms with Gasteiger partial charge in [-0.3, -0.25) is 0 Å². The van der Waals surface area contributed by atoms with Crippen molar-refractivity contribution in [2.24, 2.45) is 0 Å². The average Bonchev–Trinajstić information content (AvgIpc) is 2.34. The number of nitrogens with one attached hydrogen (secondary N) is 1. The molecule has 2 nitrogen and oxygen atoms in total. The van der Waals surface area contributed by atoms with E-state index in [0.29, 0.717) is 0 Å². The van der Waals surface area contributed by atoms with E-state index < -0.39 is 0 Å². The van der Waals surface area contributed by atoms with Crippen molar-refractivity contribution < 1.29 is 0 Å². The Morgan fingerprint density at radius 3 is 2.56 bits per heavy atom. The molecule has 1 heterocycles. The van der Waals surface area contributed by atoms with Crippen molar-refractivity contribution in [3.8, 4) is 0 Å². The van der Waals surface area contributed by atoms with E-state index in [-0.39, 0.29) is 0 Å². The van der Waals surface area contributed by atoms with Crippen LogP contribution in [0.5, 0.6) is 0 Å². The summed E-state index contributed by atoms with van der Waals surface area (Å²) in [5.74, 6) is 0.906. The molecule has 0 spiro atoms. The summed E-state index contributed by atoms with van der Waals surface area (Å²) in [7, 11) is 0. The molecule has 94 valence electrons. The Kier molecular flexibility index (Phi) is 3.66. The van der Waals surface area contributed by atoms with E-state index in [0.717, 1.165) is 17.9 Å². The maximum atomic E-state index is 4.34. The molecule has 1 aromatic carbocycles. The van der Waals surface area contributed by atoms with Crippen molar-refractivity contribution in [2.75, 3.05) is 5.32 Å². The molecule has 0 aliphatic carbocycles. The second-order valence-electron chi connectivity index (χ2n) is 4.73. The lowest BCUT2D eigenvalue weighted by Crippen LogP contribution is -2.00. The molecule has 2 heteroatoms. The highest BCUT2D eigenvalue weighted by atomic mass is 15.0.